The molecule has 0 spiro atoms. The molecule has 0 unspecified atom stereocenters. The summed E-state index contributed by atoms with van der Waals surface area (Å²) < 4.78 is 42.9. The zero-order valence-corrected chi connectivity index (χ0v) is 9.75. The van der Waals surface area contributed by atoms with Gasteiger partial charge in [-0.25, -0.2) is 0 Å². The van der Waals surface area contributed by atoms with Gasteiger partial charge < -0.3 is 0 Å². The number of alkyl halides is 3. The molecule has 0 fully saturated rings. The van der Waals surface area contributed by atoms with E-state index in [0.29, 0.717) is 15.8 Å². The van der Waals surface area contributed by atoms with Gasteiger partial charge in [0, 0.05) is 0 Å². The van der Waals surface area contributed by atoms with Crippen LogP contribution >= 0.6 is 11.5 Å². The fraction of sp³-hybridized carbons (Fsp3) is 0.400. The van der Waals surface area contributed by atoms with Gasteiger partial charge in [0.2, 0.25) is 0 Å². The van der Waals surface area contributed by atoms with E-state index in [1.165, 1.54) is 13.8 Å². The lowest BCUT2D eigenvalue weighted by Gasteiger charge is -2.15. The molecule has 0 amide bonds. The smallest absolute Gasteiger partial charge is 0.166 e. The van der Waals surface area contributed by atoms with Crippen LogP contribution in [-0.2, 0) is 6.18 Å². The van der Waals surface area contributed by atoms with E-state index in [0.717, 1.165) is 11.5 Å². The average Bonchev–Trinajstić information content (AvgIpc) is 2.61. The second kappa shape index (κ2) is 3.41. The Kier molecular flexibility index (Phi) is 2.41. The minimum absolute atomic E-state index is 0.223. The van der Waals surface area contributed by atoms with Crippen LogP contribution in [0.5, 0.6) is 0 Å². The summed E-state index contributed by atoms with van der Waals surface area (Å²) in [4.78, 5) is 0. The summed E-state index contributed by atoms with van der Waals surface area (Å²) in [5, 5.41) is 3.86. The summed E-state index contributed by atoms with van der Waals surface area (Å²) in [5.74, 6) is 0. The predicted octanol–water partition coefficient (Wildman–Crippen LogP) is 3.64. The molecule has 0 bridgehead atoms. The van der Waals surface area contributed by atoms with Crippen LogP contribution in [-0.4, -0.2) is 9.59 Å². The summed E-state index contributed by atoms with van der Waals surface area (Å²) in [6.45, 7) is 4.59. The highest BCUT2D eigenvalue weighted by Gasteiger charge is 2.36. The number of rotatable bonds is 0. The van der Waals surface area contributed by atoms with E-state index in [9.17, 15) is 13.2 Å². The number of aromatic nitrogens is 2. The number of hydrogen-bond acceptors (Lipinski definition) is 3. The fourth-order valence-corrected chi connectivity index (χ4v) is 2.59. The van der Waals surface area contributed by atoms with Crippen molar-refractivity contribution in [2.45, 2.75) is 26.9 Å². The average molecular weight is 246 g/mol. The molecule has 0 atom stereocenters. The zero-order valence-electron chi connectivity index (χ0n) is 8.94. The second-order valence-corrected chi connectivity index (χ2v) is 4.45. The molecule has 1 heterocycles. The molecule has 0 saturated heterocycles. The molecule has 0 aliphatic rings. The first-order chi connectivity index (χ1) is 7.34. The van der Waals surface area contributed by atoms with Crippen LogP contribution < -0.4 is 0 Å². The van der Waals surface area contributed by atoms with Crippen molar-refractivity contribution < 1.29 is 13.2 Å². The molecule has 0 saturated carbocycles. The van der Waals surface area contributed by atoms with Gasteiger partial charge in [0.05, 0.1) is 10.3 Å². The maximum Gasteiger partial charge on any atom is 0.416 e. The molecule has 86 valence electrons. The molecule has 6 heteroatoms. The van der Waals surface area contributed by atoms with Crippen molar-refractivity contribution in [1.29, 1.82) is 0 Å². The summed E-state index contributed by atoms with van der Waals surface area (Å²) >= 11 is 1.01. The van der Waals surface area contributed by atoms with Gasteiger partial charge >= 0.3 is 6.18 Å². The van der Waals surface area contributed by atoms with Gasteiger partial charge in [0.15, 0.2) is 0 Å². The zero-order chi connectivity index (χ0) is 12.1. The third-order valence-corrected chi connectivity index (χ3v) is 3.63. The largest absolute Gasteiger partial charge is 0.416 e. The van der Waals surface area contributed by atoms with Crippen LogP contribution in [0.4, 0.5) is 13.2 Å². The fourth-order valence-electron chi connectivity index (χ4n) is 1.87. The van der Waals surface area contributed by atoms with Crippen molar-refractivity contribution in [3.8, 4) is 0 Å². The Bertz CT molecular complexity index is 557. The highest BCUT2D eigenvalue weighted by molar-refractivity contribution is 7.13. The minimum Gasteiger partial charge on any atom is -0.166 e. The summed E-state index contributed by atoms with van der Waals surface area (Å²) in [6.07, 6.45) is -4.32. The SMILES string of the molecule is Cc1c(C(F)(F)F)c(C)c2snnc2c1C. The van der Waals surface area contributed by atoms with Crippen LogP contribution in [0.1, 0.15) is 22.3 Å². The first-order valence-electron chi connectivity index (χ1n) is 4.63. The van der Waals surface area contributed by atoms with Crippen molar-refractivity contribution in [2.75, 3.05) is 0 Å². The topological polar surface area (TPSA) is 25.8 Å². The summed E-state index contributed by atoms with van der Waals surface area (Å²) in [6, 6.07) is 0. The molecule has 1 aromatic carbocycles. The van der Waals surface area contributed by atoms with Gasteiger partial charge in [-0.2, -0.15) is 13.2 Å². The maximum atomic E-state index is 12.9. The highest BCUT2D eigenvalue weighted by atomic mass is 32.1. The summed E-state index contributed by atoms with van der Waals surface area (Å²) in [5.41, 5.74) is 1.05. The molecule has 0 N–H and O–H groups in total. The third-order valence-electron chi connectivity index (χ3n) is 2.78. The predicted molar refractivity (Wildman–Crippen MR) is 56.6 cm³/mol. The van der Waals surface area contributed by atoms with Crippen LogP contribution in [0.15, 0.2) is 0 Å². The standard InChI is InChI=1S/C10H9F3N2S/c1-4-5(2)8-9(16-15-14-8)6(3)7(4)10(11,12)13/h1-3H3. The quantitative estimate of drug-likeness (QED) is 0.709. The monoisotopic (exact) mass is 246 g/mol. The second-order valence-electron chi connectivity index (χ2n) is 3.70. The molecular weight excluding hydrogens is 237 g/mol. The molecule has 2 nitrogen and oxygen atoms in total. The van der Waals surface area contributed by atoms with Crippen molar-refractivity contribution in [3.63, 3.8) is 0 Å². The van der Waals surface area contributed by atoms with Gasteiger partial charge in [0.25, 0.3) is 0 Å². The maximum absolute atomic E-state index is 12.9. The number of benzene rings is 1. The molecular formula is C10H9F3N2S. The van der Waals surface area contributed by atoms with Crippen molar-refractivity contribution in [3.05, 3.63) is 22.3 Å². The van der Waals surface area contributed by atoms with E-state index in [-0.39, 0.29) is 11.1 Å². The third kappa shape index (κ3) is 1.48. The number of halogens is 3. The van der Waals surface area contributed by atoms with E-state index in [1.54, 1.807) is 6.92 Å². The number of fused-ring (bicyclic) bond motifs is 1. The van der Waals surface area contributed by atoms with Crippen LogP contribution in [0.25, 0.3) is 10.2 Å². The molecule has 1 aromatic heterocycles. The van der Waals surface area contributed by atoms with Gasteiger partial charge in [-0.05, 0) is 49.0 Å². The molecule has 0 aliphatic heterocycles. The lowest BCUT2D eigenvalue weighted by molar-refractivity contribution is -0.138. The molecule has 0 radical (unpaired) electrons. The molecule has 2 rings (SSSR count). The number of hydrogen-bond donors (Lipinski definition) is 0. The van der Waals surface area contributed by atoms with E-state index in [1.807, 2.05) is 0 Å². The van der Waals surface area contributed by atoms with Crippen LogP contribution in [0.2, 0.25) is 0 Å². The normalized spacial score (nSPS) is 12.4. The Balaban J connectivity index is 2.94. The first-order valence-corrected chi connectivity index (χ1v) is 5.40. The van der Waals surface area contributed by atoms with E-state index >= 15 is 0 Å². The van der Waals surface area contributed by atoms with Gasteiger partial charge in [-0.3, -0.25) is 0 Å². The highest BCUT2D eigenvalue weighted by Crippen LogP contribution is 2.40. The van der Waals surface area contributed by atoms with E-state index in [4.69, 9.17) is 0 Å². The van der Waals surface area contributed by atoms with Gasteiger partial charge in [-0.15, -0.1) is 5.10 Å². The number of nitrogens with zero attached hydrogens (tertiary/aromatic N) is 2. The lowest BCUT2D eigenvalue weighted by atomic mass is 9.97. The van der Waals surface area contributed by atoms with Crippen molar-refractivity contribution in [1.82, 2.24) is 9.59 Å². The Hall–Kier alpha value is -1.17. The first kappa shape index (κ1) is 11.3. The molecule has 0 aliphatic carbocycles. The Morgan fingerprint density at radius 3 is 2.19 bits per heavy atom. The van der Waals surface area contributed by atoms with Crippen molar-refractivity contribution >= 4 is 21.7 Å². The van der Waals surface area contributed by atoms with E-state index < -0.39 is 11.7 Å². The minimum atomic E-state index is -4.32. The summed E-state index contributed by atoms with van der Waals surface area (Å²) in [7, 11) is 0. The Morgan fingerprint density at radius 1 is 1.00 bits per heavy atom. The van der Waals surface area contributed by atoms with Crippen LogP contribution in [0.3, 0.4) is 0 Å². The number of aryl methyl sites for hydroxylation is 2. The van der Waals surface area contributed by atoms with Gasteiger partial charge in [0.1, 0.15) is 5.52 Å². The van der Waals surface area contributed by atoms with Crippen molar-refractivity contribution in [2.24, 2.45) is 0 Å². The molecule has 16 heavy (non-hydrogen) atoms. The lowest BCUT2D eigenvalue weighted by Crippen LogP contribution is -2.11. The van der Waals surface area contributed by atoms with Crippen LogP contribution in [0, 0.1) is 20.8 Å². The Morgan fingerprint density at radius 2 is 1.62 bits per heavy atom. The van der Waals surface area contributed by atoms with E-state index in [2.05, 4.69) is 9.59 Å². The Labute approximate surface area is 94.3 Å². The van der Waals surface area contributed by atoms with Gasteiger partial charge in [-0.1, -0.05) is 4.49 Å². The molecule has 2 aromatic rings.